The summed E-state index contributed by atoms with van der Waals surface area (Å²) >= 11 is 0. The van der Waals surface area contributed by atoms with Gasteiger partial charge in [0.25, 0.3) is 11.6 Å². The molecular weight excluding hydrogens is 234 g/mol. The van der Waals surface area contributed by atoms with E-state index in [9.17, 15) is 14.9 Å². The highest BCUT2D eigenvalue weighted by molar-refractivity contribution is 5.94. The Morgan fingerprint density at radius 2 is 1.94 bits per heavy atom. The lowest BCUT2D eigenvalue weighted by Gasteiger charge is -2.21. The average molecular weight is 251 g/mol. The molecular formula is C12H17N3O3. The second kappa shape index (κ2) is 6.68. The number of amides is 1. The van der Waals surface area contributed by atoms with E-state index in [1.54, 1.807) is 4.90 Å². The van der Waals surface area contributed by atoms with Crippen molar-refractivity contribution in [3.8, 4) is 0 Å². The van der Waals surface area contributed by atoms with Crippen LogP contribution in [0.25, 0.3) is 0 Å². The van der Waals surface area contributed by atoms with E-state index in [-0.39, 0.29) is 17.2 Å². The molecule has 0 radical (unpaired) electrons. The van der Waals surface area contributed by atoms with Crippen LogP contribution in [-0.2, 0) is 0 Å². The molecule has 98 valence electrons. The minimum atomic E-state index is -0.548. The molecule has 1 aromatic heterocycles. The highest BCUT2D eigenvalue weighted by atomic mass is 16.6. The molecule has 6 heteroatoms. The highest BCUT2D eigenvalue weighted by Gasteiger charge is 2.17. The molecule has 1 heterocycles. The minimum Gasteiger partial charge on any atom is -0.339 e. The number of hydrogen-bond donors (Lipinski definition) is 0. The van der Waals surface area contributed by atoms with E-state index in [0.717, 1.165) is 19.0 Å². The van der Waals surface area contributed by atoms with Crippen LogP contribution in [0.2, 0.25) is 0 Å². The van der Waals surface area contributed by atoms with E-state index in [1.807, 2.05) is 13.8 Å². The molecule has 18 heavy (non-hydrogen) atoms. The summed E-state index contributed by atoms with van der Waals surface area (Å²) in [5.41, 5.74) is 0.111. The Morgan fingerprint density at radius 3 is 2.44 bits per heavy atom. The number of nitrogens with zero attached hydrogens (tertiary/aromatic N) is 3. The van der Waals surface area contributed by atoms with Crippen LogP contribution in [-0.4, -0.2) is 33.8 Å². The van der Waals surface area contributed by atoms with Gasteiger partial charge in [-0.1, -0.05) is 13.8 Å². The maximum Gasteiger partial charge on any atom is 0.288 e. The average Bonchev–Trinajstić information content (AvgIpc) is 2.38. The highest BCUT2D eigenvalue weighted by Crippen LogP contribution is 2.13. The van der Waals surface area contributed by atoms with Crippen LogP contribution in [0.4, 0.5) is 5.69 Å². The molecule has 0 fully saturated rings. The number of carbonyl (C=O) groups is 1. The van der Waals surface area contributed by atoms with E-state index >= 15 is 0 Å². The molecule has 1 amide bonds. The molecule has 0 aliphatic rings. The van der Waals surface area contributed by atoms with Crippen LogP contribution in [0.3, 0.4) is 0 Å². The van der Waals surface area contributed by atoms with Gasteiger partial charge in [0.2, 0.25) is 0 Å². The third kappa shape index (κ3) is 3.51. The second-order valence-corrected chi connectivity index (χ2v) is 3.98. The quantitative estimate of drug-likeness (QED) is 0.574. The Balaban J connectivity index is 2.93. The number of rotatable bonds is 6. The molecule has 0 N–H and O–H groups in total. The SMILES string of the molecule is CCCN(CCC)C(=O)c1cncc([N+](=O)[O-])c1. The number of carbonyl (C=O) groups excluding carboxylic acids is 1. The van der Waals surface area contributed by atoms with Gasteiger partial charge in [-0.2, -0.15) is 0 Å². The lowest BCUT2D eigenvalue weighted by molar-refractivity contribution is -0.385. The van der Waals surface area contributed by atoms with Crippen LogP contribution in [0.15, 0.2) is 18.5 Å². The Morgan fingerprint density at radius 1 is 1.33 bits per heavy atom. The zero-order valence-corrected chi connectivity index (χ0v) is 10.6. The molecule has 0 atom stereocenters. The van der Waals surface area contributed by atoms with Gasteiger partial charge in [-0.15, -0.1) is 0 Å². The fraction of sp³-hybridized carbons (Fsp3) is 0.500. The van der Waals surface area contributed by atoms with Crippen molar-refractivity contribution in [3.05, 3.63) is 34.1 Å². The summed E-state index contributed by atoms with van der Waals surface area (Å²) in [5, 5.41) is 10.6. The van der Waals surface area contributed by atoms with E-state index in [4.69, 9.17) is 0 Å². The van der Waals surface area contributed by atoms with Gasteiger partial charge >= 0.3 is 0 Å². The summed E-state index contributed by atoms with van der Waals surface area (Å²) in [5.74, 6) is -0.199. The first-order valence-corrected chi connectivity index (χ1v) is 5.98. The lowest BCUT2D eigenvalue weighted by Crippen LogP contribution is -2.32. The Labute approximate surface area is 106 Å². The van der Waals surface area contributed by atoms with Crippen molar-refractivity contribution in [1.29, 1.82) is 0 Å². The second-order valence-electron chi connectivity index (χ2n) is 3.98. The van der Waals surface area contributed by atoms with E-state index in [2.05, 4.69) is 4.98 Å². The lowest BCUT2D eigenvalue weighted by atomic mass is 10.2. The van der Waals surface area contributed by atoms with Gasteiger partial charge in [0.1, 0.15) is 6.20 Å². The molecule has 0 aliphatic carbocycles. The van der Waals surface area contributed by atoms with Gasteiger partial charge in [-0.3, -0.25) is 19.9 Å². The first-order valence-electron chi connectivity index (χ1n) is 5.98. The van der Waals surface area contributed by atoms with Crippen LogP contribution in [0, 0.1) is 10.1 Å². The molecule has 0 bridgehead atoms. The van der Waals surface area contributed by atoms with Gasteiger partial charge < -0.3 is 4.90 Å². The zero-order chi connectivity index (χ0) is 13.5. The molecule has 6 nitrogen and oxygen atoms in total. The fourth-order valence-electron chi connectivity index (χ4n) is 1.68. The van der Waals surface area contributed by atoms with Crippen molar-refractivity contribution in [2.24, 2.45) is 0 Å². The molecule has 0 aliphatic heterocycles. The maximum atomic E-state index is 12.2. The molecule has 0 spiro atoms. The standard InChI is InChI=1S/C12H17N3O3/c1-3-5-14(6-4-2)12(16)10-7-11(15(17)18)9-13-8-10/h7-9H,3-6H2,1-2H3. The zero-order valence-electron chi connectivity index (χ0n) is 10.6. The predicted molar refractivity (Wildman–Crippen MR) is 67.4 cm³/mol. The Kier molecular flexibility index (Phi) is 5.23. The molecule has 0 saturated heterocycles. The Bertz CT molecular complexity index is 428. The fourth-order valence-corrected chi connectivity index (χ4v) is 1.68. The van der Waals surface area contributed by atoms with Gasteiger partial charge in [0, 0.05) is 25.4 Å². The smallest absolute Gasteiger partial charge is 0.288 e. The first-order chi connectivity index (χ1) is 8.60. The number of hydrogen-bond acceptors (Lipinski definition) is 4. The van der Waals surface area contributed by atoms with Gasteiger partial charge in [-0.25, -0.2) is 0 Å². The summed E-state index contributed by atoms with van der Waals surface area (Å²) in [6, 6.07) is 1.27. The minimum absolute atomic E-state index is 0.159. The number of aromatic nitrogens is 1. The van der Waals surface area contributed by atoms with Gasteiger partial charge in [0.15, 0.2) is 0 Å². The third-order valence-electron chi connectivity index (χ3n) is 2.46. The Hall–Kier alpha value is -1.98. The predicted octanol–water partition coefficient (Wildman–Crippen LogP) is 2.25. The summed E-state index contributed by atoms with van der Waals surface area (Å²) < 4.78 is 0. The summed E-state index contributed by atoms with van der Waals surface area (Å²) in [6.07, 6.45) is 4.22. The van der Waals surface area contributed by atoms with Crippen molar-refractivity contribution in [3.63, 3.8) is 0 Å². The van der Waals surface area contributed by atoms with Crippen LogP contribution >= 0.6 is 0 Å². The van der Waals surface area contributed by atoms with Gasteiger partial charge in [0.05, 0.1) is 10.5 Å². The summed E-state index contributed by atoms with van der Waals surface area (Å²) in [7, 11) is 0. The van der Waals surface area contributed by atoms with Gasteiger partial charge in [-0.05, 0) is 12.8 Å². The molecule has 0 unspecified atom stereocenters. The number of nitro groups is 1. The topological polar surface area (TPSA) is 76.3 Å². The van der Waals surface area contributed by atoms with E-state index in [0.29, 0.717) is 13.1 Å². The van der Waals surface area contributed by atoms with Crippen molar-refractivity contribution in [1.82, 2.24) is 9.88 Å². The van der Waals surface area contributed by atoms with Crippen molar-refractivity contribution < 1.29 is 9.72 Å². The van der Waals surface area contributed by atoms with Crippen molar-refractivity contribution in [2.45, 2.75) is 26.7 Å². The van der Waals surface area contributed by atoms with E-state index < -0.39 is 4.92 Å². The summed E-state index contributed by atoms with van der Waals surface area (Å²) in [6.45, 7) is 5.27. The molecule has 0 saturated carbocycles. The van der Waals surface area contributed by atoms with Crippen LogP contribution in [0.1, 0.15) is 37.0 Å². The molecule has 0 aromatic carbocycles. The monoisotopic (exact) mass is 251 g/mol. The molecule has 1 rings (SSSR count). The first kappa shape index (κ1) is 14.1. The van der Waals surface area contributed by atoms with Crippen LogP contribution < -0.4 is 0 Å². The third-order valence-corrected chi connectivity index (χ3v) is 2.46. The largest absolute Gasteiger partial charge is 0.339 e. The normalized spacial score (nSPS) is 10.1. The number of pyridine rings is 1. The molecule has 1 aromatic rings. The summed E-state index contributed by atoms with van der Waals surface area (Å²) in [4.78, 5) is 27.7. The maximum absolute atomic E-state index is 12.2. The van der Waals surface area contributed by atoms with Crippen molar-refractivity contribution in [2.75, 3.05) is 13.1 Å². The van der Waals surface area contributed by atoms with Crippen molar-refractivity contribution >= 4 is 11.6 Å². The van der Waals surface area contributed by atoms with E-state index in [1.165, 1.54) is 12.3 Å². The van der Waals surface area contributed by atoms with Crippen LogP contribution in [0.5, 0.6) is 0 Å².